The zero-order valence-electron chi connectivity index (χ0n) is 30.4. The summed E-state index contributed by atoms with van der Waals surface area (Å²) in [4.78, 5) is 22.5. The van der Waals surface area contributed by atoms with Gasteiger partial charge in [0.25, 0.3) is 0 Å². The second kappa shape index (κ2) is 34.2. The molecule has 1 fully saturated rings. The normalized spacial score (nSPS) is 15.1. The van der Waals surface area contributed by atoms with E-state index in [1.54, 1.807) is 0 Å². The topological polar surface area (TPSA) is 43.4 Å². The molecule has 1 aliphatic rings. The maximum absolute atomic E-state index is 11.4. The van der Waals surface area contributed by atoms with Crippen LogP contribution in [-0.2, 0) is 14.3 Å². The van der Waals surface area contributed by atoms with Crippen molar-refractivity contribution in [2.75, 3.05) is 0 Å². The maximum Gasteiger partial charge on any atom is 0.317 e. The summed E-state index contributed by atoms with van der Waals surface area (Å²) < 4.78 is 4.61. The van der Waals surface area contributed by atoms with E-state index >= 15 is 0 Å². The maximum atomic E-state index is 11.4. The lowest BCUT2D eigenvalue weighted by Gasteiger charge is -2.04. The number of hydrogen-bond acceptors (Lipinski definition) is 3. The molecule has 1 heterocycles. The Morgan fingerprint density at radius 2 is 0.733 bits per heavy atom. The number of unbranched alkanes of at least 4 members (excludes halogenated alkanes) is 32. The molecule has 1 rings (SSSR count). The molecule has 0 saturated carbocycles. The summed E-state index contributed by atoms with van der Waals surface area (Å²) in [6.07, 6.45) is 53.5. The zero-order valence-corrected chi connectivity index (χ0v) is 30.4. The molecule has 0 aromatic heterocycles. The first-order valence-electron chi connectivity index (χ1n) is 20.6. The van der Waals surface area contributed by atoms with Crippen molar-refractivity contribution >= 4 is 11.9 Å². The number of allylic oxidation sites excluding steroid dienone is 2. The molecule has 0 N–H and O–H groups in total. The Morgan fingerprint density at radius 3 is 1.02 bits per heavy atom. The van der Waals surface area contributed by atoms with E-state index in [1.807, 2.05) is 0 Å². The van der Waals surface area contributed by atoms with E-state index in [9.17, 15) is 9.59 Å². The van der Waals surface area contributed by atoms with Gasteiger partial charge in [0.1, 0.15) is 0 Å². The van der Waals surface area contributed by atoms with Crippen LogP contribution in [-0.4, -0.2) is 11.9 Å². The highest BCUT2D eigenvalue weighted by Gasteiger charge is 2.32. The Morgan fingerprint density at radius 1 is 0.444 bits per heavy atom. The molecule has 1 saturated heterocycles. The number of carbonyl (C=O) groups excluding carboxylic acids is 2. The third-order valence-corrected chi connectivity index (χ3v) is 10.0. The highest BCUT2D eigenvalue weighted by Crippen LogP contribution is 2.22. The minimum atomic E-state index is -0.348. The standard InChI is InChI=1S/C42H78O3/c1-2-3-4-5-6-7-8-9-10-11-12-13-14-15-16-17-18-19-20-21-22-23-24-25-26-27-28-29-30-31-32-33-34-35-36-37-38-40-39-41(43)45-42(40)44/h32-33,40H,2-31,34-39H2,1H3. The highest BCUT2D eigenvalue weighted by molar-refractivity contribution is 5.94. The van der Waals surface area contributed by atoms with Crippen LogP contribution in [0.3, 0.4) is 0 Å². The quantitative estimate of drug-likeness (QED) is 0.0299. The van der Waals surface area contributed by atoms with Crippen LogP contribution in [0.25, 0.3) is 0 Å². The molecule has 0 amide bonds. The van der Waals surface area contributed by atoms with Gasteiger partial charge in [0, 0.05) is 0 Å². The zero-order chi connectivity index (χ0) is 32.3. The number of ether oxygens (including phenoxy) is 1. The van der Waals surface area contributed by atoms with Gasteiger partial charge in [0.15, 0.2) is 0 Å². The predicted molar refractivity (Wildman–Crippen MR) is 196 cm³/mol. The first kappa shape index (κ1) is 41.9. The second-order valence-electron chi connectivity index (χ2n) is 14.5. The van der Waals surface area contributed by atoms with Crippen molar-refractivity contribution in [3.05, 3.63) is 12.2 Å². The lowest BCUT2D eigenvalue weighted by molar-refractivity contribution is -0.153. The number of rotatable bonds is 36. The molecule has 0 aromatic rings. The molecule has 45 heavy (non-hydrogen) atoms. The summed E-state index contributed by atoms with van der Waals surface area (Å²) in [6, 6.07) is 0. The van der Waals surface area contributed by atoms with Gasteiger partial charge in [-0.05, 0) is 32.1 Å². The van der Waals surface area contributed by atoms with E-state index in [0.29, 0.717) is 6.42 Å². The Bertz CT molecular complexity index is 669. The van der Waals surface area contributed by atoms with E-state index in [1.165, 1.54) is 199 Å². The van der Waals surface area contributed by atoms with Crippen molar-refractivity contribution in [3.63, 3.8) is 0 Å². The van der Waals surface area contributed by atoms with Gasteiger partial charge in [-0.2, -0.15) is 0 Å². The molecule has 1 unspecified atom stereocenters. The van der Waals surface area contributed by atoms with Crippen molar-refractivity contribution in [2.45, 2.75) is 238 Å². The van der Waals surface area contributed by atoms with Crippen LogP contribution in [0.4, 0.5) is 0 Å². The minimum Gasteiger partial charge on any atom is -0.393 e. The molecule has 3 heteroatoms. The van der Waals surface area contributed by atoms with Crippen molar-refractivity contribution in [3.8, 4) is 0 Å². The summed E-state index contributed by atoms with van der Waals surface area (Å²) in [5.74, 6) is -0.832. The highest BCUT2D eigenvalue weighted by atomic mass is 16.6. The van der Waals surface area contributed by atoms with E-state index < -0.39 is 0 Å². The van der Waals surface area contributed by atoms with Crippen molar-refractivity contribution in [1.82, 2.24) is 0 Å². The summed E-state index contributed by atoms with van der Waals surface area (Å²) in [6.45, 7) is 2.30. The molecule has 1 atom stereocenters. The van der Waals surface area contributed by atoms with Crippen LogP contribution in [0.2, 0.25) is 0 Å². The van der Waals surface area contributed by atoms with E-state index in [-0.39, 0.29) is 17.9 Å². The van der Waals surface area contributed by atoms with Gasteiger partial charge in [-0.15, -0.1) is 0 Å². The lowest BCUT2D eigenvalue weighted by Crippen LogP contribution is -2.06. The Hall–Kier alpha value is -1.12. The van der Waals surface area contributed by atoms with Crippen LogP contribution < -0.4 is 0 Å². The summed E-state index contributed by atoms with van der Waals surface area (Å²) in [7, 11) is 0. The molecule has 1 aliphatic heterocycles. The van der Waals surface area contributed by atoms with Crippen molar-refractivity contribution in [1.29, 1.82) is 0 Å². The van der Waals surface area contributed by atoms with Crippen molar-refractivity contribution < 1.29 is 14.3 Å². The monoisotopic (exact) mass is 631 g/mol. The van der Waals surface area contributed by atoms with Crippen LogP contribution in [0, 0.1) is 5.92 Å². The molecule has 3 nitrogen and oxygen atoms in total. The fourth-order valence-corrected chi connectivity index (χ4v) is 6.92. The summed E-state index contributed by atoms with van der Waals surface area (Å²) in [5, 5.41) is 0. The number of cyclic esters (lactones) is 2. The Balaban J connectivity index is 1.64. The molecular formula is C42H78O3. The molecule has 264 valence electrons. The number of esters is 2. The fourth-order valence-electron chi connectivity index (χ4n) is 6.92. The molecule has 0 spiro atoms. The second-order valence-corrected chi connectivity index (χ2v) is 14.5. The van der Waals surface area contributed by atoms with Gasteiger partial charge in [-0.25, -0.2) is 0 Å². The smallest absolute Gasteiger partial charge is 0.317 e. The molecule has 0 aromatic carbocycles. The van der Waals surface area contributed by atoms with Crippen LogP contribution in [0.5, 0.6) is 0 Å². The lowest BCUT2D eigenvalue weighted by atomic mass is 9.99. The molecule has 0 aliphatic carbocycles. The first-order chi connectivity index (χ1) is 22.2. The summed E-state index contributed by atoms with van der Waals surface area (Å²) in [5.41, 5.74) is 0. The molecule has 0 radical (unpaired) electrons. The van der Waals surface area contributed by atoms with Gasteiger partial charge in [-0.3, -0.25) is 9.59 Å². The van der Waals surface area contributed by atoms with Crippen LogP contribution in [0.1, 0.15) is 238 Å². The third kappa shape index (κ3) is 30.0. The Labute approximate surface area is 281 Å². The summed E-state index contributed by atoms with van der Waals surface area (Å²) >= 11 is 0. The third-order valence-electron chi connectivity index (χ3n) is 10.0. The first-order valence-corrected chi connectivity index (χ1v) is 20.6. The SMILES string of the molecule is CCCCCCCCCCCCCCCCCCCCCCCCCCCCCCCC=CCCCCCC1CC(=O)OC1=O. The van der Waals surface area contributed by atoms with E-state index in [2.05, 4.69) is 23.8 Å². The van der Waals surface area contributed by atoms with Gasteiger partial charge in [0.05, 0.1) is 12.3 Å². The van der Waals surface area contributed by atoms with Gasteiger partial charge in [0.2, 0.25) is 0 Å². The largest absolute Gasteiger partial charge is 0.393 e. The predicted octanol–water partition coefficient (Wildman–Crippen LogP) is 14.3. The van der Waals surface area contributed by atoms with Crippen LogP contribution >= 0.6 is 0 Å². The number of carbonyl (C=O) groups is 2. The fraction of sp³-hybridized carbons (Fsp3) is 0.905. The average Bonchev–Trinajstić information content (AvgIpc) is 3.36. The average molecular weight is 631 g/mol. The van der Waals surface area contributed by atoms with Crippen LogP contribution in [0.15, 0.2) is 12.2 Å². The molecular weight excluding hydrogens is 552 g/mol. The van der Waals surface area contributed by atoms with Gasteiger partial charge in [-0.1, -0.05) is 212 Å². The number of hydrogen-bond donors (Lipinski definition) is 0. The van der Waals surface area contributed by atoms with E-state index in [0.717, 1.165) is 25.7 Å². The minimum absolute atomic E-state index is 0.175. The Kier molecular flexibility index (Phi) is 31.9. The van der Waals surface area contributed by atoms with Gasteiger partial charge < -0.3 is 4.74 Å². The van der Waals surface area contributed by atoms with E-state index in [4.69, 9.17) is 0 Å². The van der Waals surface area contributed by atoms with Crippen molar-refractivity contribution in [2.24, 2.45) is 5.92 Å². The molecule has 0 bridgehead atoms. The van der Waals surface area contributed by atoms with Gasteiger partial charge >= 0.3 is 11.9 Å².